The zero-order valence-corrected chi connectivity index (χ0v) is 13.8. The van der Waals surface area contributed by atoms with E-state index in [-0.39, 0.29) is 12.3 Å². The molecule has 6 heteroatoms. The summed E-state index contributed by atoms with van der Waals surface area (Å²) >= 11 is 0. The first-order chi connectivity index (χ1) is 12.1. The van der Waals surface area contributed by atoms with Crippen LogP contribution in [0, 0.1) is 0 Å². The Morgan fingerprint density at radius 1 is 1.08 bits per heavy atom. The number of nitrogens with two attached hydrogens (primary N) is 1. The van der Waals surface area contributed by atoms with Crippen molar-refractivity contribution in [2.45, 2.75) is 18.9 Å². The second-order valence-corrected chi connectivity index (χ2v) is 5.84. The third-order valence-corrected chi connectivity index (χ3v) is 4.06. The van der Waals surface area contributed by atoms with Gasteiger partial charge in [-0.05, 0) is 24.1 Å². The van der Waals surface area contributed by atoms with E-state index < -0.39 is 11.9 Å². The molecule has 0 bridgehead atoms. The van der Waals surface area contributed by atoms with Crippen LogP contribution in [0.25, 0.3) is 0 Å². The molecule has 0 fully saturated rings. The van der Waals surface area contributed by atoms with E-state index >= 15 is 0 Å². The molecule has 0 saturated heterocycles. The standard InChI is InChI=1S/C19H20N4O2/c20-18(24)17-13-16(22-23(17)15-9-5-2-6-10-15)19(25)21-12-11-14-7-3-1-4-8-14/h1-10,17H,11-13H2,(H2,20,24)(H,21,25). The van der Waals surface area contributed by atoms with Gasteiger partial charge in [0.1, 0.15) is 11.8 Å². The van der Waals surface area contributed by atoms with Crippen molar-refractivity contribution in [3.8, 4) is 0 Å². The van der Waals surface area contributed by atoms with E-state index in [4.69, 9.17) is 5.73 Å². The summed E-state index contributed by atoms with van der Waals surface area (Å²) in [6.07, 6.45) is 0.947. The van der Waals surface area contributed by atoms with Crippen molar-refractivity contribution in [1.82, 2.24) is 5.32 Å². The third-order valence-electron chi connectivity index (χ3n) is 4.06. The lowest BCUT2D eigenvalue weighted by molar-refractivity contribution is -0.119. The van der Waals surface area contributed by atoms with Crippen molar-refractivity contribution >= 4 is 23.2 Å². The minimum atomic E-state index is -0.641. The molecular formula is C19H20N4O2. The Balaban J connectivity index is 1.65. The van der Waals surface area contributed by atoms with E-state index in [1.807, 2.05) is 60.7 Å². The first-order valence-electron chi connectivity index (χ1n) is 8.18. The monoisotopic (exact) mass is 336 g/mol. The van der Waals surface area contributed by atoms with Gasteiger partial charge in [0.05, 0.1) is 5.69 Å². The SMILES string of the molecule is NC(=O)C1CC(C(=O)NCCc2ccccc2)=NN1c1ccccc1. The number of nitrogens with one attached hydrogen (secondary N) is 1. The number of carbonyl (C=O) groups excluding carboxylic acids is 2. The van der Waals surface area contributed by atoms with Crippen molar-refractivity contribution < 1.29 is 9.59 Å². The molecule has 0 spiro atoms. The number of anilines is 1. The van der Waals surface area contributed by atoms with Crippen molar-refractivity contribution in [3.63, 3.8) is 0 Å². The average Bonchev–Trinajstić information content (AvgIpc) is 3.09. The quantitative estimate of drug-likeness (QED) is 0.837. The minimum Gasteiger partial charge on any atom is -0.368 e. The summed E-state index contributed by atoms with van der Waals surface area (Å²) in [5.41, 5.74) is 7.68. The zero-order valence-electron chi connectivity index (χ0n) is 13.8. The highest BCUT2D eigenvalue weighted by Crippen LogP contribution is 2.24. The van der Waals surface area contributed by atoms with Gasteiger partial charge in [0.2, 0.25) is 5.91 Å². The number of amides is 2. The number of hydrazone groups is 1. The Morgan fingerprint density at radius 2 is 1.72 bits per heavy atom. The lowest BCUT2D eigenvalue weighted by Gasteiger charge is -2.20. The first-order valence-corrected chi connectivity index (χ1v) is 8.18. The van der Waals surface area contributed by atoms with E-state index in [1.165, 1.54) is 5.01 Å². The molecule has 1 atom stereocenters. The largest absolute Gasteiger partial charge is 0.368 e. The van der Waals surface area contributed by atoms with Gasteiger partial charge < -0.3 is 11.1 Å². The lowest BCUT2D eigenvalue weighted by atomic mass is 10.1. The van der Waals surface area contributed by atoms with Gasteiger partial charge in [0, 0.05) is 13.0 Å². The predicted octanol–water partition coefficient (Wildman–Crippen LogP) is 1.47. The van der Waals surface area contributed by atoms with Gasteiger partial charge in [0.25, 0.3) is 5.91 Å². The molecule has 1 heterocycles. The van der Waals surface area contributed by atoms with E-state index in [1.54, 1.807) is 0 Å². The van der Waals surface area contributed by atoms with Crippen LogP contribution in [0.1, 0.15) is 12.0 Å². The fourth-order valence-corrected chi connectivity index (χ4v) is 2.75. The highest BCUT2D eigenvalue weighted by atomic mass is 16.2. The zero-order chi connectivity index (χ0) is 17.6. The molecule has 3 rings (SSSR count). The molecule has 128 valence electrons. The number of benzene rings is 2. The summed E-state index contributed by atoms with van der Waals surface area (Å²) in [6.45, 7) is 0.508. The molecule has 0 radical (unpaired) electrons. The van der Waals surface area contributed by atoms with Crippen LogP contribution in [0.3, 0.4) is 0 Å². The maximum atomic E-state index is 12.4. The highest BCUT2D eigenvalue weighted by molar-refractivity contribution is 6.40. The lowest BCUT2D eigenvalue weighted by Crippen LogP contribution is -2.40. The molecule has 1 aliphatic heterocycles. The summed E-state index contributed by atoms with van der Waals surface area (Å²) in [4.78, 5) is 24.1. The molecule has 3 N–H and O–H groups in total. The molecule has 0 aromatic heterocycles. The van der Waals surface area contributed by atoms with Crippen molar-refractivity contribution in [2.24, 2.45) is 10.8 Å². The van der Waals surface area contributed by atoms with E-state index in [9.17, 15) is 9.59 Å². The van der Waals surface area contributed by atoms with Crippen molar-refractivity contribution in [3.05, 3.63) is 66.2 Å². The van der Waals surface area contributed by atoms with E-state index in [0.29, 0.717) is 12.3 Å². The summed E-state index contributed by atoms with van der Waals surface area (Å²) in [5.74, 6) is -0.764. The summed E-state index contributed by atoms with van der Waals surface area (Å²) in [7, 11) is 0. The molecule has 1 aliphatic rings. The fourth-order valence-electron chi connectivity index (χ4n) is 2.75. The first kappa shape index (κ1) is 16.7. The van der Waals surface area contributed by atoms with Crippen LogP contribution in [-0.2, 0) is 16.0 Å². The van der Waals surface area contributed by atoms with Gasteiger partial charge in [-0.2, -0.15) is 5.10 Å². The van der Waals surface area contributed by atoms with Crippen LogP contribution in [0.2, 0.25) is 0 Å². The van der Waals surface area contributed by atoms with Crippen LogP contribution in [-0.4, -0.2) is 30.1 Å². The smallest absolute Gasteiger partial charge is 0.267 e. The van der Waals surface area contributed by atoms with Crippen LogP contribution in [0.15, 0.2) is 65.8 Å². The van der Waals surface area contributed by atoms with Crippen LogP contribution in [0.5, 0.6) is 0 Å². The Bertz CT molecular complexity index is 775. The molecule has 6 nitrogen and oxygen atoms in total. The van der Waals surface area contributed by atoms with E-state index in [0.717, 1.165) is 17.7 Å². The van der Waals surface area contributed by atoms with Gasteiger partial charge in [-0.15, -0.1) is 0 Å². The third kappa shape index (κ3) is 4.03. The molecule has 2 amide bonds. The summed E-state index contributed by atoms with van der Waals surface area (Å²) < 4.78 is 0. The van der Waals surface area contributed by atoms with Crippen molar-refractivity contribution in [2.75, 3.05) is 11.6 Å². The number of primary amides is 1. The predicted molar refractivity (Wildman–Crippen MR) is 97.1 cm³/mol. The molecule has 25 heavy (non-hydrogen) atoms. The summed E-state index contributed by atoms with van der Waals surface area (Å²) in [6, 6.07) is 18.5. The number of carbonyl (C=O) groups is 2. The Kier molecular flexibility index (Phi) is 5.09. The number of rotatable bonds is 6. The minimum absolute atomic E-state index is 0.210. The van der Waals surface area contributed by atoms with Gasteiger partial charge in [-0.3, -0.25) is 14.6 Å². The van der Waals surface area contributed by atoms with Gasteiger partial charge in [-0.25, -0.2) is 0 Å². The molecule has 0 saturated carbocycles. The summed E-state index contributed by atoms with van der Waals surface area (Å²) in [5, 5.41) is 8.70. The second-order valence-electron chi connectivity index (χ2n) is 5.84. The Hall–Kier alpha value is -3.15. The number of hydrogen-bond acceptors (Lipinski definition) is 4. The topological polar surface area (TPSA) is 87.8 Å². The van der Waals surface area contributed by atoms with Crippen LogP contribution < -0.4 is 16.1 Å². The van der Waals surface area contributed by atoms with Gasteiger partial charge in [-0.1, -0.05) is 48.5 Å². The molecular weight excluding hydrogens is 316 g/mol. The van der Waals surface area contributed by atoms with Crippen molar-refractivity contribution in [1.29, 1.82) is 0 Å². The second kappa shape index (κ2) is 7.61. The maximum absolute atomic E-state index is 12.4. The Morgan fingerprint density at radius 3 is 2.36 bits per heavy atom. The molecule has 2 aromatic rings. The van der Waals surface area contributed by atoms with Crippen LogP contribution >= 0.6 is 0 Å². The van der Waals surface area contributed by atoms with E-state index in [2.05, 4.69) is 10.4 Å². The molecule has 2 aromatic carbocycles. The number of hydrogen-bond donors (Lipinski definition) is 2. The number of nitrogens with zero attached hydrogens (tertiary/aromatic N) is 2. The van der Waals surface area contributed by atoms with Gasteiger partial charge >= 0.3 is 0 Å². The number of para-hydroxylation sites is 1. The maximum Gasteiger partial charge on any atom is 0.267 e. The highest BCUT2D eigenvalue weighted by Gasteiger charge is 2.34. The molecule has 1 unspecified atom stereocenters. The average molecular weight is 336 g/mol. The Labute approximate surface area is 146 Å². The molecule has 0 aliphatic carbocycles. The van der Waals surface area contributed by atoms with Gasteiger partial charge in [0.15, 0.2) is 0 Å². The normalized spacial score (nSPS) is 16.4. The van der Waals surface area contributed by atoms with Crippen LogP contribution in [0.4, 0.5) is 5.69 Å². The fraction of sp³-hybridized carbons (Fsp3) is 0.211.